The monoisotopic (exact) mass is 342 g/mol. The molecule has 0 aliphatic carbocycles. The third kappa shape index (κ3) is 3.32. The van der Waals surface area contributed by atoms with Gasteiger partial charge in [0.1, 0.15) is 6.54 Å². The maximum absolute atomic E-state index is 12.5. The van der Waals surface area contributed by atoms with Crippen molar-refractivity contribution in [2.24, 2.45) is 0 Å². The SMILES string of the molecule is O=C(Cn1c(-c2cccnc2)cc2ccccc21)NCc1ccccn1. The summed E-state index contributed by atoms with van der Waals surface area (Å²) >= 11 is 0. The molecule has 1 N–H and O–H groups in total. The second-order valence-corrected chi connectivity index (χ2v) is 6.01. The van der Waals surface area contributed by atoms with Crippen molar-refractivity contribution in [1.82, 2.24) is 19.9 Å². The number of amides is 1. The molecule has 0 saturated carbocycles. The molecule has 0 saturated heterocycles. The van der Waals surface area contributed by atoms with Crippen molar-refractivity contribution >= 4 is 16.8 Å². The number of carbonyl (C=O) groups excluding carboxylic acids is 1. The van der Waals surface area contributed by atoms with Crippen molar-refractivity contribution in [2.75, 3.05) is 0 Å². The molecule has 0 spiro atoms. The topological polar surface area (TPSA) is 59.8 Å². The minimum Gasteiger partial charge on any atom is -0.349 e. The first kappa shape index (κ1) is 16.0. The van der Waals surface area contributed by atoms with Crippen LogP contribution in [0.15, 0.2) is 79.3 Å². The van der Waals surface area contributed by atoms with Gasteiger partial charge in [-0.25, -0.2) is 0 Å². The van der Waals surface area contributed by atoms with Gasteiger partial charge in [0.25, 0.3) is 0 Å². The maximum atomic E-state index is 12.5. The molecule has 3 heterocycles. The Kier molecular flexibility index (Phi) is 4.43. The molecule has 0 fully saturated rings. The van der Waals surface area contributed by atoms with Crippen molar-refractivity contribution < 1.29 is 4.79 Å². The minimum atomic E-state index is -0.0536. The molecule has 4 aromatic rings. The lowest BCUT2D eigenvalue weighted by molar-refractivity contribution is -0.121. The van der Waals surface area contributed by atoms with Crippen LogP contribution in [0.1, 0.15) is 5.69 Å². The fourth-order valence-electron chi connectivity index (χ4n) is 3.03. The van der Waals surface area contributed by atoms with Crippen LogP contribution in [0.25, 0.3) is 22.2 Å². The standard InChI is InChI=1S/C21H18N4O/c26-21(24-14-18-8-3-4-11-23-18)15-25-19-9-2-1-6-16(19)12-20(25)17-7-5-10-22-13-17/h1-13H,14-15H2,(H,24,26). The molecular formula is C21H18N4O. The third-order valence-corrected chi connectivity index (χ3v) is 4.26. The number of fused-ring (bicyclic) bond motifs is 1. The van der Waals surface area contributed by atoms with Crippen LogP contribution in [0.4, 0.5) is 0 Å². The summed E-state index contributed by atoms with van der Waals surface area (Å²) in [5.41, 5.74) is 3.83. The molecular weight excluding hydrogens is 324 g/mol. The highest BCUT2D eigenvalue weighted by atomic mass is 16.1. The van der Waals surface area contributed by atoms with Crippen LogP contribution in [0, 0.1) is 0 Å². The van der Waals surface area contributed by atoms with E-state index in [1.165, 1.54) is 0 Å². The molecule has 4 rings (SSSR count). The summed E-state index contributed by atoms with van der Waals surface area (Å²) in [5, 5.41) is 4.04. The Bertz CT molecular complexity index is 1030. The maximum Gasteiger partial charge on any atom is 0.240 e. The Morgan fingerprint density at radius 2 is 1.88 bits per heavy atom. The van der Waals surface area contributed by atoms with Crippen LogP contribution in [0.5, 0.6) is 0 Å². The number of carbonyl (C=O) groups is 1. The Morgan fingerprint density at radius 3 is 2.69 bits per heavy atom. The molecule has 1 aromatic carbocycles. The molecule has 5 heteroatoms. The van der Waals surface area contributed by atoms with Gasteiger partial charge in [-0.15, -0.1) is 0 Å². The van der Waals surface area contributed by atoms with Crippen LogP contribution in [-0.4, -0.2) is 20.4 Å². The van der Waals surface area contributed by atoms with Crippen LogP contribution in [-0.2, 0) is 17.9 Å². The summed E-state index contributed by atoms with van der Waals surface area (Å²) in [6.45, 7) is 0.658. The van der Waals surface area contributed by atoms with Crippen molar-refractivity contribution in [3.05, 3.63) is 84.9 Å². The number of para-hydroxylation sites is 1. The summed E-state index contributed by atoms with van der Waals surface area (Å²) < 4.78 is 2.03. The highest BCUT2D eigenvalue weighted by molar-refractivity contribution is 5.89. The predicted octanol–water partition coefficient (Wildman–Crippen LogP) is 3.41. The van der Waals surface area contributed by atoms with E-state index in [-0.39, 0.29) is 12.5 Å². The lowest BCUT2D eigenvalue weighted by Crippen LogP contribution is -2.27. The highest BCUT2D eigenvalue weighted by Gasteiger charge is 2.13. The highest BCUT2D eigenvalue weighted by Crippen LogP contribution is 2.27. The van der Waals surface area contributed by atoms with E-state index < -0.39 is 0 Å². The first-order chi connectivity index (χ1) is 12.8. The summed E-state index contributed by atoms with van der Waals surface area (Å²) in [6, 6.07) is 19.7. The van der Waals surface area contributed by atoms with Crippen molar-refractivity contribution in [3.8, 4) is 11.3 Å². The molecule has 0 bridgehead atoms. The number of rotatable bonds is 5. The molecule has 0 radical (unpaired) electrons. The minimum absolute atomic E-state index is 0.0536. The van der Waals surface area contributed by atoms with E-state index >= 15 is 0 Å². The number of nitrogens with zero attached hydrogens (tertiary/aromatic N) is 3. The van der Waals surface area contributed by atoms with Crippen molar-refractivity contribution in [2.45, 2.75) is 13.1 Å². The second-order valence-electron chi connectivity index (χ2n) is 6.01. The number of hydrogen-bond acceptors (Lipinski definition) is 3. The molecule has 0 unspecified atom stereocenters. The Labute approximate surface area is 151 Å². The second kappa shape index (κ2) is 7.19. The molecule has 1 amide bonds. The van der Waals surface area contributed by atoms with Gasteiger partial charge in [0.05, 0.1) is 17.9 Å². The van der Waals surface area contributed by atoms with Crippen LogP contribution >= 0.6 is 0 Å². The van der Waals surface area contributed by atoms with Gasteiger partial charge >= 0.3 is 0 Å². The molecule has 0 aliphatic rings. The normalized spacial score (nSPS) is 10.8. The zero-order chi connectivity index (χ0) is 17.8. The quantitative estimate of drug-likeness (QED) is 0.604. The zero-order valence-corrected chi connectivity index (χ0v) is 14.2. The van der Waals surface area contributed by atoms with Gasteiger partial charge in [-0.05, 0) is 36.4 Å². The fraction of sp³-hybridized carbons (Fsp3) is 0.0952. The Hall–Kier alpha value is -3.47. The predicted molar refractivity (Wildman–Crippen MR) is 101 cm³/mol. The first-order valence-corrected chi connectivity index (χ1v) is 8.46. The number of pyridine rings is 2. The van der Waals surface area contributed by atoms with Gasteiger partial charge in [0.15, 0.2) is 0 Å². The average Bonchev–Trinajstić information content (AvgIpc) is 3.06. The summed E-state index contributed by atoms with van der Waals surface area (Å²) in [7, 11) is 0. The van der Waals surface area contributed by atoms with Crippen LogP contribution in [0.2, 0.25) is 0 Å². The smallest absolute Gasteiger partial charge is 0.240 e. The molecule has 3 aromatic heterocycles. The zero-order valence-electron chi connectivity index (χ0n) is 14.2. The summed E-state index contributed by atoms with van der Waals surface area (Å²) in [5.74, 6) is -0.0536. The van der Waals surface area contributed by atoms with Gasteiger partial charge in [0, 0.05) is 35.1 Å². The van der Waals surface area contributed by atoms with Gasteiger partial charge < -0.3 is 9.88 Å². The molecule has 0 aliphatic heterocycles. The van der Waals surface area contributed by atoms with Gasteiger partial charge in [-0.3, -0.25) is 14.8 Å². The summed E-state index contributed by atoms with van der Waals surface area (Å²) in [6.07, 6.45) is 5.29. The van der Waals surface area contributed by atoms with E-state index in [9.17, 15) is 4.79 Å². The molecule has 26 heavy (non-hydrogen) atoms. The number of benzene rings is 1. The largest absolute Gasteiger partial charge is 0.349 e. The van der Waals surface area contributed by atoms with E-state index in [0.717, 1.165) is 27.9 Å². The van der Waals surface area contributed by atoms with Crippen molar-refractivity contribution in [1.29, 1.82) is 0 Å². The fourth-order valence-corrected chi connectivity index (χ4v) is 3.03. The van der Waals surface area contributed by atoms with Crippen LogP contribution in [0.3, 0.4) is 0 Å². The number of hydrogen-bond donors (Lipinski definition) is 1. The van der Waals surface area contributed by atoms with Gasteiger partial charge in [0.2, 0.25) is 5.91 Å². The molecule has 5 nitrogen and oxygen atoms in total. The van der Waals surface area contributed by atoms with Gasteiger partial charge in [-0.1, -0.05) is 24.3 Å². The van der Waals surface area contributed by atoms with E-state index in [4.69, 9.17) is 0 Å². The van der Waals surface area contributed by atoms with E-state index in [1.54, 1.807) is 12.4 Å². The Morgan fingerprint density at radius 1 is 1.00 bits per heavy atom. The van der Waals surface area contributed by atoms with E-state index in [1.807, 2.05) is 59.3 Å². The number of aromatic nitrogens is 3. The lowest BCUT2D eigenvalue weighted by Gasteiger charge is -2.11. The average molecular weight is 342 g/mol. The summed E-state index contributed by atoms with van der Waals surface area (Å²) in [4.78, 5) is 21.0. The van der Waals surface area contributed by atoms with E-state index in [2.05, 4.69) is 27.4 Å². The first-order valence-electron chi connectivity index (χ1n) is 8.46. The van der Waals surface area contributed by atoms with E-state index in [0.29, 0.717) is 6.54 Å². The molecule has 0 atom stereocenters. The van der Waals surface area contributed by atoms with Crippen molar-refractivity contribution in [3.63, 3.8) is 0 Å². The molecule has 128 valence electrons. The Balaban J connectivity index is 1.61. The third-order valence-electron chi connectivity index (χ3n) is 4.26. The number of nitrogens with one attached hydrogen (secondary N) is 1. The van der Waals surface area contributed by atoms with Gasteiger partial charge in [-0.2, -0.15) is 0 Å². The van der Waals surface area contributed by atoms with Crippen LogP contribution < -0.4 is 5.32 Å². The lowest BCUT2D eigenvalue weighted by atomic mass is 10.2.